The van der Waals surface area contributed by atoms with Crippen molar-refractivity contribution in [2.24, 2.45) is 0 Å². The molecule has 0 saturated carbocycles. The molecular weight excluding hydrogens is 104 g/mol. The number of esters is 1. The molecule has 0 aliphatic carbocycles. The van der Waals surface area contributed by atoms with Gasteiger partial charge in [-0.2, -0.15) is 0 Å². The summed E-state index contributed by atoms with van der Waals surface area (Å²) >= 11 is 0. The molecule has 2 heteroatoms. The molecule has 48 valence electrons. The van der Waals surface area contributed by atoms with E-state index in [0.29, 0.717) is 6.42 Å². The van der Waals surface area contributed by atoms with Crippen LogP contribution in [-0.2, 0) is 9.53 Å². The number of rotatable bonds is 3. The zero-order valence-corrected chi connectivity index (χ0v) is 4.94. The molecule has 2 nitrogen and oxygen atoms in total. The van der Waals surface area contributed by atoms with Crippen LogP contribution in [0.3, 0.4) is 0 Å². The highest BCUT2D eigenvalue weighted by molar-refractivity contribution is 5.68. The van der Waals surface area contributed by atoms with Gasteiger partial charge in [0.25, 0.3) is 0 Å². The van der Waals surface area contributed by atoms with Crippen molar-refractivity contribution in [3.63, 3.8) is 0 Å². The Morgan fingerprint density at radius 2 is 2.62 bits per heavy atom. The molecule has 0 unspecified atom stereocenters. The summed E-state index contributed by atoms with van der Waals surface area (Å²) in [5.41, 5.74) is 0. The summed E-state index contributed by atoms with van der Waals surface area (Å²) in [6, 6.07) is 0. The molecule has 0 aromatic heterocycles. The minimum Gasteiger partial charge on any atom is -0.469 e. The van der Waals surface area contributed by atoms with Gasteiger partial charge in [-0.25, -0.2) is 0 Å². The van der Waals surface area contributed by atoms with Gasteiger partial charge < -0.3 is 4.74 Å². The maximum absolute atomic E-state index is 10.5. The molecule has 0 aliphatic heterocycles. The van der Waals surface area contributed by atoms with Crippen molar-refractivity contribution in [1.29, 1.82) is 0 Å². The van der Waals surface area contributed by atoms with E-state index in [1.54, 1.807) is 0 Å². The Labute approximate surface area is 54.1 Å². The molecule has 0 aromatic carbocycles. The molecule has 0 spiro atoms. The van der Waals surface area contributed by atoms with Gasteiger partial charge in [0, 0.05) is 10.5 Å². The molecule has 0 fully saturated rings. The Morgan fingerprint density at radius 3 is 3.12 bits per heavy atom. The van der Waals surface area contributed by atoms with Crippen LogP contribution in [0.25, 0.3) is 0 Å². The molecule has 0 aromatic rings. The van der Waals surface area contributed by atoms with Crippen molar-refractivity contribution in [3.8, 4) is 0 Å². The highest BCUT2D eigenvalue weighted by atomic mass is 16.5. The molecule has 0 rings (SSSR count). The lowest BCUT2D eigenvalue weighted by atomic mass is 10.3. The third kappa shape index (κ3) is 3.65. The summed E-state index contributed by atoms with van der Waals surface area (Å²) in [4.78, 5) is 10.5. The summed E-state index contributed by atoms with van der Waals surface area (Å²) in [6.45, 7) is -1.92. The summed E-state index contributed by atoms with van der Waals surface area (Å²) in [5.74, 6) is -0.353. The average Bonchev–Trinajstić information content (AvgIpc) is 1.85. The normalized spacial score (nSPS) is 15.9. The SMILES string of the molecule is [2H]C([2H])([2H])CCCC(=O)OC. The average molecular weight is 119 g/mol. The van der Waals surface area contributed by atoms with Gasteiger partial charge in [0.2, 0.25) is 0 Å². The predicted molar refractivity (Wildman–Crippen MR) is 31.5 cm³/mol. The van der Waals surface area contributed by atoms with Gasteiger partial charge in [-0.15, -0.1) is 0 Å². The quantitative estimate of drug-likeness (QED) is 0.524. The largest absolute Gasteiger partial charge is 0.469 e. The Balaban J connectivity index is 3.35. The Morgan fingerprint density at radius 1 is 1.88 bits per heavy atom. The van der Waals surface area contributed by atoms with Crippen LogP contribution in [0.15, 0.2) is 0 Å². The minimum absolute atomic E-state index is 0.0715. The van der Waals surface area contributed by atoms with Crippen molar-refractivity contribution in [1.82, 2.24) is 0 Å². The van der Waals surface area contributed by atoms with E-state index in [9.17, 15) is 4.79 Å². The van der Waals surface area contributed by atoms with Gasteiger partial charge in [-0.05, 0) is 6.42 Å². The number of hydrogen-bond donors (Lipinski definition) is 0. The molecular formula is C6H12O2. The van der Waals surface area contributed by atoms with E-state index in [1.165, 1.54) is 7.11 Å². The number of carbonyl (C=O) groups excluding carboxylic acids is 1. The fraction of sp³-hybridized carbons (Fsp3) is 0.833. The summed E-state index contributed by atoms with van der Waals surface area (Å²) in [5, 5.41) is 0. The van der Waals surface area contributed by atoms with E-state index in [-0.39, 0.29) is 18.8 Å². The fourth-order valence-corrected chi connectivity index (χ4v) is 0.335. The van der Waals surface area contributed by atoms with Gasteiger partial charge in [0.1, 0.15) is 0 Å². The van der Waals surface area contributed by atoms with Crippen molar-refractivity contribution in [2.45, 2.75) is 26.1 Å². The zero-order chi connectivity index (χ0) is 8.91. The molecule has 8 heavy (non-hydrogen) atoms. The molecule has 0 amide bonds. The molecule has 0 atom stereocenters. The first-order valence-electron chi connectivity index (χ1n) is 4.02. The molecule has 0 radical (unpaired) electrons. The first kappa shape index (κ1) is 3.49. The number of carbonyl (C=O) groups is 1. The van der Waals surface area contributed by atoms with E-state index in [4.69, 9.17) is 4.11 Å². The van der Waals surface area contributed by atoms with Gasteiger partial charge >= 0.3 is 5.97 Å². The zero-order valence-electron chi connectivity index (χ0n) is 7.94. The van der Waals surface area contributed by atoms with E-state index in [1.807, 2.05) is 0 Å². The number of ether oxygens (including phenoxy) is 1. The monoisotopic (exact) mass is 119 g/mol. The lowest BCUT2D eigenvalue weighted by Crippen LogP contribution is -1.98. The molecule has 0 heterocycles. The summed E-state index contributed by atoms with van der Waals surface area (Å²) < 4.78 is 24.8. The number of hydrogen-bond acceptors (Lipinski definition) is 2. The lowest BCUT2D eigenvalue weighted by molar-refractivity contribution is -0.140. The third-order valence-electron chi connectivity index (χ3n) is 0.785. The van der Waals surface area contributed by atoms with Gasteiger partial charge in [0.05, 0.1) is 7.11 Å². The molecule has 0 N–H and O–H groups in total. The van der Waals surface area contributed by atoms with Crippen LogP contribution in [0, 0.1) is 0 Å². The van der Waals surface area contributed by atoms with Crippen molar-refractivity contribution >= 4 is 5.97 Å². The van der Waals surface area contributed by atoms with Crippen molar-refractivity contribution in [2.75, 3.05) is 7.11 Å². The maximum atomic E-state index is 10.5. The Bertz CT molecular complexity index is 130. The van der Waals surface area contributed by atoms with Crippen LogP contribution in [-0.4, -0.2) is 13.1 Å². The van der Waals surface area contributed by atoms with E-state index in [2.05, 4.69) is 4.74 Å². The predicted octanol–water partition coefficient (Wildman–Crippen LogP) is 1.35. The van der Waals surface area contributed by atoms with Gasteiger partial charge in [-0.3, -0.25) is 4.79 Å². The second-order valence-electron chi connectivity index (χ2n) is 1.43. The molecule has 0 saturated heterocycles. The fourth-order valence-electron chi connectivity index (χ4n) is 0.335. The first-order valence-corrected chi connectivity index (χ1v) is 2.52. The lowest BCUT2D eigenvalue weighted by Gasteiger charge is -1.93. The number of methoxy groups -OCH3 is 1. The minimum atomic E-state index is -1.92. The standard InChI is InChI=1S/C6H12O2/c1-3-4-5-6(7)8-2/h3-5H2,1-2H3/i1D3. The van der Waals surface area contributed by atoms with Crippen LogP contribution in [0.2, 0.25) is 0 Å². The molecule has 0 bridgehead atoms. The first-order chi connectivity index (χ1) is 4.95. The summed E-state index contributed by atoms with van der Waals surface area (Å²) in [7, 11) is 1.29. The van der Waals surface area contributed by atoms with Crippen LogP contribution >= 0.6 is 0 Å². The highest BCUT2D eigenvalue weighted by Gasteiger charge is 1.95. The maximum Gasteiger partial charge on any atom is 0.305 e. The van der Waals surface area contributed by atoms with Crippen LogP contribution in [0.4, 0.5) is 0 Å². The second kappa shape index (κ2) is 4.62. The molecule has 0 aliphatic rings. The van der Waals surface area contributed by atoms with Gasteiger partial charge in [-0.1, -0.05) is 13.3 Å². The van der Waals surface area contributed by atoms with Crippen LogP contribution < -0.4 is 0 Å². The third-order valence-corrected chi connectivity index (χ3v) is 0.785. The van der Waals surface area contributed by atoms with Gasteiger partial charge in [0.15, 0.2) is 0 Å². The Kier molecular flexibility index (Phi) is 2.02. The topological polar surface area (TPSA) is 26.3 Å². The van der Waals surface area contributed by atoms with Crippen LogP contribution in [0.5, 0.6) is 0 Å². The Hall–Kier alpha value is -0.530. The van der Waals surface area contributed by atoms with Crippen LogP contribution in [0.1, 0.15) is 30.2 Å². The highest BCUT2D eigenvalue weighted by Crippen LogP contribution is 1.94. The van der Waals surface area contributed by atoms with E-state index >= 15 is 0 Å². The second-order valence-corrected chi connectivity index (χ2v) is 1.43. The van der Waals surface area contributed by atoms with E-state index in [0.717, 1.165) is 0 Å². The smallest absolute Gasteiger partial charge is 0.305 e. The van der Waals surface area contributed by atoms with Crippen molar-refractivity contribution < 1.29 is 13.6 Å². The summed E-state index contributed by atoms with van der Waals surface area (Å²) in [6.07, 6.45) is 0.625. The van der Waals surface area contributed by atoms with E-state index < -0.39 is 6.85 Å². The van der Waals surface area contributed by atoms with Crippen molar-refractivity contribution in [3.05, 3.63) is 0 Å².